The molecular formula is C11H11N3O. The van der Waals surface area contributed by atoms with Crippen LogP contribution in [0.5, 0.6) is 11.6 Å². The zero-order valence-corrected chi connectivity index (χ0v) is 8.34. The number of aryl methyl sites for hydroxylation is 1. The summed E-state index contributed by atoms with van der Waals surface area (Å²) in [5.74, 6) is 1.17. The quantitative estimate of drug-likeness (QED) is 0.756. The first kappa shape index (κ1) is 9.45. The highest BCUT2D eigenvalue weighted by Crippen LogP contribution is 2.24. The number of benzene rings is 1. The summed E-state index contributed by atoms with van der Waals surface area (Å²) in [4.78, 5) is 7.93. The average molecular weight is 201 g/mol. The molecule has 0 atom stereocenters. The zero-order valence-electron chi connectivity index (χ0n) is 8.34. The number of ether oxygens (including phenoxy) is 1. The molecule has 0 spiro atoms. The van der Waals surface area contributed by atoms with Crippen molar-refractivity contribution in [3.8, 4) is 11.6 Å². The topological polar surface area (TPSA) is 61.0 Å². The van der Waals surface area contributed by atoms with E-state index in [1.807, 2.05) is 19.1 Å². The van der Waals surface area contributed by atoms with E-state index in [0.29, 0.717) is 17.3 Å². The monoisotopic (exact) mass is 201 g/mol. The first-order valence-corrected chi connectivity index (χ1v) is 4.56. The molecule has 0 saturated carbocycles. The minimum absolute atomic E-state index is 0.464. The standard InChI is InChI=1S/C11H11N3O/c1-8-2-3-9(12)6-10(8)15-11-7-13-4-5-14-11/h2-7H,12H2,1H3. The fourth-order valence-electron chi connectivity index (χ4n) is 1.18. The van der Waals surface area contributed by atoms with Gasteiger partial charge in [0, 0.05) is 24.1 Å². The van der Waals surface area contributed by atoms with E-state index < -0.39 is 0 Å². The van der Waals surface area contributed by atoms with Crippen molar-refractivity contribution < 1.29 is 4.74 Å². The predicted octanol–water partition coefficient (Wildman–Crippen LogP) is 2.16. The molecule has 1 aromatic heterocycles. The highest BCUT2D eigenvalue weighted by molar-refractivity contribution is 5.48. The van der Waals surface area contributed by atoms with Gasteiger partial charge in [0.25, 0.3) is 0 Å². The predicted molar refractivity (Wildman–Crippen MR) is 57.7 cm³/mol. The molecule has 2 N–H and O–H groups in total. The van der Waals surface area contributed by atoms with E-state index in [4.69, 9.17) is 10.5 Å². The first-order chi connectivity index (χ1) is 7.25. The van der Waals surface area contributed by atoms with Gasteiger partial charge in [-0.05, 0) is 18.6 Å². The van der Waals surface area contributed by atoms with Crippen molar-refractivity contribution in [1.82, 2.24) is 9.97 Å². The Morgan fingerprint density at radius 3 is 2.87 bits per heavy atom. The highest BCUT2D eigenvalue weighted by atomic mass is 16.5. The second kappa shape index (κ2) is 3.96. The van der Waals surface area contributed by atoms with Crippen molar-refractivity contribution in [3.05, 3.63) is 42.4 Å². The lowest BCUT2D eigenvalue weighted by Crippen LogP contribution is -1.92. The summed E-state index contributed by atoms with van der Waals surface area (Å²) < 4.78 is 5.54. The fraction of sp³-hybridized carbons (Fsp3) is 0.0909. The maximum Gasteiger partial charge on any atom is 0.237 e. The van der Waals surface area contributed by atoms with Crippen LogP contribution >= 0.6 is 0 Å². The van der Waals surface area contributed by atoms with Crippen LogP contribution in [0.2, 0.25) is 0 Å². The molecule has 0 radical (unpaired) electrons. The minimum atomic E-state index is 0.464. The van der Waals surface area contributed by atoms with Gasteiger partial charge in [0.05, 0.1) is 6.20 Å². The van der Waals surface area contributed by atoms with Gasteiger partial charge >= 0.3 is 0 Å². The number of rotatable bonds is 2. The van der Waals surface area contributed by atoms with Gasteiger partial charge in [-0.15, -0.1) is 0 Å². The molecule has 0 aliphatic carbocycles. The number of hydrogen-bond donors (Lipinski definition) is 1. The SMILES string of the molecule is Cc1ccc(N)cc1Oc1cnccn1. The number of hydrogen-bond acceptors (Lipinski definition) is 4. The van der Waals surface area contributed by atoms with Crippen LogP contribution in [0.25, 0.3) is 0 Å². The van der Waals surface area contributed by atoms with E-state index in [0.717, 1.165) is 5.56 Å². The van der Waals surface area contributed by atoms with Crippen molar-refractivity contribution in [2.45, 2.75) is 6.92 Å². The van der Waals surface area contributed by atoms with E-state index in [1.165, 1.54) is 0 Å². The summed E-state index contributed by atoms with van der Waals surface area (Å²) in [6.07, 6.45) is 4.73. The van der Waals surface area contributed by atoms with Crippen LogP contribution < -0.4 is 10.5 Å². The smallest absolute Gasteiger partial charge is 0.237 e. The van der Waals surface area contributed by atoms with Gasteiger partial charge in [0.2, 0.25) is 5.88 Å². The van der Waals surface area contributed by atoms with Crippen molar-refractivity contribution in [3.63, 3.8) is 0 Å². The molecule has 76 valence electrons. The first-order valence-electron chi connectivity index (χ1n) is 4.56. The van der Waals surface area contributed by atoms with Gasteiger partial charge in [-0.25, -0.2) is 4.98 Å². The Hall–Kier alpha value is -2.10. The number of aromatic nitrogens is 2. The van der Waals surface area contributed by atoms with Crippen molar-refractivity contribution in [2.24, 2.45) is 0 Å². The summed E-state index contributed by atoms with van der Waals surface area (Å²) in [7, 11) is 0. The van der Waals surface area contributed by atoms with E-state index in [-0.39, 0.29) is 0 Å². The van der Waals surface area contributed by atoms with E-state index in [1.54, 1.807) is 24.7 Å². The van der Waals surface area contributed by atoms with Gasteiger partial charge in [0.15, 0.2) is 0 Å². The van der Waals surface area contributed by atoms with Gasteiger partial charge in [-0.2, -0.15) is 0 Å². The zero-order chi connectivity index (χ0) is 10.7. The van der Waals surface area contributed by atoms with Crippen LogP contribution in [-0.4, -0.2) is 9.97 Å². The molecule has 2 aromatic rings. The molecule has 0 aliphatic heterocycles. The summed E-state index contributed by atoms with van der Waals surface area (Å²) in [5, 5.41) is 0. The van der Waals surface area contributed by atoms with E-state index in [9.17, 15) is 0 Å². The Balaban J connectivity index is 2.28. The van der Waals surface area contributed by atoms with Crippen molar-refractivity contribution in [1.29, 1.82) is 0 Å². The maximum atomic E-state index is 5.67. The van der Waals surface area contributed by atoms with Gasteiger partial charge in [-0.1, -0.05) is 6.07 Å². The molecule has 1 aromatic carbocycles. The molecule has 15 heavy (non-hydrogen) atoms. The Morgan fingerprint density at radius 2 is 2.13 bits per heavy atom. The number of nitrogens with two attached hydrogens (primary N) is 1. The Labute approximate surface area is 87.7 Å². The van der Waals surface area contributed by atoms with Crippen LogP contribution in [0.3, 0.4) is 0 Å². The number of anilines is 1. The Kier molecular flexibility index (Phi) is 2.49. The van der Waals surface area contributed by atoms with E-state index >= 15 is 0 Å². The van der Waals surface area contributed by atoms with Crippen LogP contribution in [0, 0.1) is 6.92 Å². The van der Waals surface area contributed by atoms with Crippen LogP contribution in [0.1, 0.15) is 5.56 Å². The largest absolute Gasteiger partial charge is 0.437 e. The normalized spacial score (nSPS) is 9.93. The fourth-order valence-corrected chi connectivity index (χ4v) is 1.18. The third-order valence-corrected chi connectivity index (χ3v) is 1.97. The lowest BCUT2D eigenvalue weighted by Gasteiger charge is -2.07. The number of nitrogens with zero attached hydrogens (tertiary/aromatic N) is 2. The summed E-state index contributed by atoms with van der Waals surface area (Å²) in [5.41, 5.74) is 7.34. The minimum Gasteiger partial charge on any atom is -0.437 e. The van der Waals surface area contributed by atoms with Gasteiger partial charge in [-0.3, -0.25) is 4.98 Å². The van der Waals surface area contributed by atoms with Crippen molar-refractivity contribution in [2.75, 3.05) is 5.73 Å². The maximum absolute atomic E-state index is 5.67. The van der Waals surface area contributed by atoms with E-state index in [2.05, 4.69) is 9.97 Å². The van der Waals surface area contributed by atoms with Crippen molar-refractivity contribution >= 4 is 5.69 Å². The molecule has 2 rings (SSSR count). The molecule has 4 nitrogen and oxygen atoms in total. The van der Waals surface area contributed by atoms with Gasteiger partial charge < -0.3 is 10.5 Å². The molecule has 0 aliphatic rings. The molecule has 0 unspecified atom stereocenters. The summed E-state index contributed by atoms with van der Waals surface area (Å²) in [6, 6.07) is 5.50. The van der Waals surface area contributed by atoms with Crippen LogP contribution in [0.4, 0.5) is 5.69 Å². The summed E-state index contributed by atoms with van der Waals surface area (Å²) in [6.45, 7) is 1.95. The molecule has 0 fully saturated rings. The Morgan fingerprint density at radius 1 is 1.27 bits per heavy atom. The highest BCUT2D eigenvalue weighted by Gasteiger charge is 2.02. The van der Waals surface area contributed by atoms with Crippen LogP contribution in [0.15, 0.2) is 36.8 Å². The third-order valence-electron chi connectivity index (χ3n) is 1.97. The lowest BCUT2D eigenvalue weighted by atomic mass is 10.2. The molecule has 0 amide bonds. The molecule has 4 heteroatoms. The second-order valence-corrected chi connectivity index (χ2v) is 3.17. The van der Waals surface area contributed by atoms with Gasteiger partial charge in [0.1, 0.15) is 5.75 Å². The molecule has 1 heterocycles. The molecule has 0 bridgehead atoms. The Bertz CT molecular complexity index is 457. The summed E-state index contributed by atoms with van der Waals surface area (Å²) >= 11 is 0. The van der Waals surface area contributed by atoms with Crippen LogP contribution in [-0.2, 0) is 0 Å². The lowest BCUT2D eigenvalue weighted by molar-refractivity contribution is 0.457. The third kappa shape index (κ3) is 2.22. The second-order valence-electron chi connectivity index (χ2n) is 3.17. The number of nitrogen functional groups attached to an aromatic ring is 1. The molecular weight excluding hydrogens is 190 g/mol. The average Bonchev–Trinajstić information content (AvgIpc) is 2.25. The molecule has 0 saturated heterocycles.